The number of aromatic nitrogens is 3. The SMILES string of the molecule is Cc1nn(-c2ncccc2C#N)c(C)c1C(=O)O. The molecule has 18 heavy (non-hydrogen) atoms. The van der Waals surface area contributed by atoms with Crippen molar-refractivity contribution in [2.45, 2.75) is 13.8 Å². The molecule has 0 amide bonds. The molecule has 0 aliphatic rings. The third-order valence-corrected chi connectivity index (χ3v) is 2.61. The summed E-state index contributed by atoms with van der Waals surface area (Å²) in [6, 6.07) is 5.26. The molecule has 6 nitrogen and oxygen atoms in total. The van der Waals surface area contributed by atoms with Crippen LogP contribution in [0.4, 0.5) is 0 Å². The Morgan fingerprint density at radius 1 is 1.50 bits per heavy atom. The van der Waals surface area contributed by atoms with Crippen LogP contribution in [0.2, 0.25) is 0 Å². The summed E-state index contributed by atoms with van der Waals surface area (Å²) in [5.74, 6) is -0.696. The Morgan fingerprint density at radius 2 is 2.22 bits per heavy atom. The minimum atomic E-state index is -1.04. The van der Waals surface area contributed by atoms with Crippen LogP contribution in [0.3, 0.4) is 0 Å². The van der Waals surface area contributed by atoms with E-state index >= 15 is 0 Å². The molecule has 0 aliphatic heterocycles. The molecule has 0 radical (unpaired) electrons. The Bertz CT molecular complexity index is 667. The van der Waals surface area contributed by atoms with E-state index in [1.54, 1.807) is 26.0 Å². The Morgan fingerprint density at radius 3 is 2.78 bits per heavy atom. The first-order chi connectivity index (χ1) is 8.56. The van der Waals surface area contributed by atoms with Crippen LogP contribution in [0, 0.1) is 25.2 Å². The summed E-state index contributed by atoms with van der Waals surface area (Å²) in [5, 5.41) is 22.2. The Hall–Kier alpha value is -2.68. The van der Waals surface area contributed by atoms with E-state index in [0.717, 1.165) is 0 Å². The minimum Gasteiger partial charge on any atom is -0.478 e. The second-order valence-electron chi connectivity index (χ2n) is 3.75. The minimum absolute atomic E-state index is 0.143. The molecule has 2 aromatic heterocycles. The van der Waals surface area contributed by atoms with Crippen LogP contribution in [0.1, 0.15) is 27.3 Å². The summed E-state index contributed by atoms with van der Waals surface area (Å²) in [5.41, 5.74) is 1.34. The van der Waals surface area contributed by atoms with Crippen molar-refractivity contribution in [1.29, 1.82) is 5.26 Å². The predicted molar refractivity (Wildman–Crippen MR) is 62.5 cm³/mol. The molecule has 2 rings (SSSR count). The summed E-state index contributed by atoms with van der Waals surface area (Å²) in [7, 11) is 0. The Kier molecular flexibility index (Phi) is 2.81. The Labute approximate surface area is 103 Å². The number of carboxylic acids is 1. The molecule has 6 heteroatoms. The standard InChI is InChI=1S/C12H10N4O2/c1-7-10(12(17)18)8(2)16(15-7)11-9(6-13)4-3-5-14-11/h3-5H,1-2H3,(H,17,18). The lowest BCUT2D eigenvalue weighted by molar-refractivity contribution is 0.0695. The molecule has 0 spiro atoms. The quantitative estimate of drug-likeness (QED) is 0.860. The van der Waals surface area contributed by atoms with Gasteiger partial charge in [-0.25, -0.2) is 14.5 Å². The van der Waals surface area contributed by atoms with Crippen LogP contribution < -0.4 is 0 Å². The molecule has 0 unspecified atom stereocenters. The summed E-state index contributed by atoms with van der Waals surface area (Å²) in [6.45, 7) is 3.25. The van der Waals surface area contributed by atoms with Crippen LogP contribution in [-0.4, -0.2) is 25.8 Å². The number of aromatic carboxylic acids is 1. The maximum Gasteiger partial charge on any atom is 0.339 e. The summed E-state index contributed by atoms with van der Waals surface area (Å²) < 4.78 is 1.39. The normalized spacial score (nSPS) is 10.1. The van der Waals surface area contributed by atoms with E-state index in [4.69, 9.17) is 10.4 Å². The highest BCUT2D eigenvalue weighted by atomic mass is 16.4. The molecular weight excluding hydrogens is 232 g/mol. The molecular formula is C12H10N4O2. The van der Waals surface area contributed by atoms with Gasteiger partial charge in [0, 0.05) is 6.20 Å². The van der Waals surface area contributed by atoms with E-state index in [2.05, 4.69) is 10.1 Å². The van der Waals surface area contributed by atoms with Gasteiger partial charge in [0.05, 0.1) is 17.0 Å². The molecule has 0 saturated heterocycles. The lowest BCUT2D eigenvalue weighted by atomic mass is 10.2. The van der Waals surface area contributed by atoms with E-state index in [-0.39, 0.29) is 5.56 Å². The molecule has 1 N–H and O–H groups in total. The number of pyridine rings is 1. The van der Waals surface area contributed by atoms with Crippen LogP contribution in [0.25, 0.3) is 5.82 Å². The number of hydrogen-bond donors (Lipinski definition) is 1. The van der Waals surface area contributed by atoms with Crippen molar-refractivity contribution in [2.24, 2.45) is 0 Å². The molecule has 90 valence electrons. The first-order valence-corrected chi connectivity index (χ1v) is 5.21. The van der Waals surface area contributed by atoms with E-state index in [1.165, 1.54) is 10.9 Å². The van der Waals surface area contributed by atoms with Gasteiger partial charge in [-0.2, -0.15) is 10.4 Å². The zero-order valence-corrected chi connectivity index (χ0v) is 9.88. The first kappa shape index (κ1) is 11.8. The lowest BCUT2D eigenvalue weighted by Gasteiger charge is -2.04. The van der Waals surface area contributed by atoms with E-state index in [1.807, 2.05) is 6.07 Å². The molecule has 2 heterocycles. The number of rotatable bonds is 2. The fraction of sp³-hybridized carbons (Fsp3) is 0.167. The van der Waals surface area contributed by atoms with Gasteiger partial charge < -0.3 is 5.11 Å². The largest absolute Gasteiger partial charge is 0.478 e. The molecule has 0 fully saturated rings. The second kappa shape index (κ2) is 4.30. The highest BCUT2D eigenvalue weighted by Crippen LogP contribution is 2.18. The molecule has 0 saturated carbocycles. The van der Waals surface area contributed by atoms with Crippen LogP contribution in [0.5, 0.6) is 0 Å². The van der Waals surface area contributed by atoms with Crippen LogP contribution >= 0.6 is 0 Å². The van der Waals surface area contributed by atoms with Gasteiger partial charge in [-0.15, -0.1) is 0 Å². The fourth-order valence-electron chi connectivity index (χ4n) is 1.81. The smallest absolute Gasteiger partial charge is 0.339 e. The third-order valence-electron chi connectivity index (χ3n) is 2.61. The second-order valence-corrected chi connectivity index (χ2v) is 3.75. The van der Waals surface area contributed by atoms with Gasteiger partial charge in [0.2, 0.25) is 0 Å². The first-order valence-electron chi connectivity index (χ1n) is 5.21. The fourth-order valence-corrected chi connectivity index (χ4v) is 1.81. The van der Waals surface area contributed by atoms with Gasteiger partial charge >= 0.3 is 5.97 Å². The number of aryl methyl sites for hydroxylation is 1. The van der Waals surface area contributed by atoms with Crippen LogP contribution in [-0.2, 0) is 0 Å². The third kappa shape index (κ3) is 1.72. The van der Waals surface area contributed by atoms with Crippen molar-refractivity contribution in [3.8, 4) is 11.9 Å². The number of nitriles is 1. The number of hydrogen-bond acceptors (Lipinski definition) is 4. The Balaban J connectivity index is 2.70. The number of nitrogens with zero attached hydrogens (tertiary/aromatic N) is 4. The van der Waals surface area contributed by atoms with Crippen molar-refractivity contribution in [2.75, 3.05) is 0 Å². The summed E-state index contributed by atoms with van der Waals surface area (Å²) in [6.07, 6.45) is 1.53. The summed E-state index contributed by atoms with van der Waals surface area (Å²) >= 11 is 0. The van der Waals surface area contributed by atoms with E-state index in [9.17, 15) is 4.79 Å². The van der Waals surface area contributed by atoms with Crippen molar-refractivity contribution in [1.82, 2.24) is 14.8 Å². The molecule has 0 aliphatic carbocycles. The van der Waals surface area contributed by atoms with Crippen molar-refractivity contribution in [3.63, 3.8) is 0 Å². The van der Waals surface area contributed by atoms with Gasteiger partial charge in [-0.1, -0.05) is 0 Å². The zero-order valence-electron chi connectivity index (χ0n) is 9.88. The molecule has 0 bridgehead atoms. The van der Waals surface area contributed by atoms with Crippen molar-refractivity contribution < 1.29 is 9.90 Å². The van der Waals surface area contributed by atoms with Gasteiger partial charge in [-0.05, 0) is 26.0 Å². The highest BCUT2D eigenvalue weighted by molar-refractivity contribution is 5.90. The van der Waals surface area contributed by atoms with E-state index < -0.39 is 5.97 Å². The average Bonchev–Trinajstić information content (AvgIpc) is 2.64. The monoisotopic (exact) mass is 242 g/mol. The molecule has 0 atom stereocenters. The maximum absolute atomic E-state index is 11.1. The zero-order chi connectivity index (χ0) is 13.3. The van der Waals surface area contributed by atoms with E-state index in [0.29, 0.717) is 22.8 Å². The van der Waals surface area contributed by atoms with Gasteiger partial charge in [0.25, 0.3) is 0 Å². The maximum atomic E-state index is 11.1. The highest BCUT2D eigenvalue weighted by Gasteiger charge is 2.20. The molecule has 0 aromatic carbocycles. The van der Waals surface area contributed by atoms with Gasteiger partial charge in [-0.3, -0.25) is 0 Å². The van der Waals surface area contributed by atoms with Crippen molar-refractivity contribution in [3.05, 3.63) is 40.8 Å². The van der Waals surface area contributed by atoms with Gasteiger partial charge in [0.15, 0.2) is 5.82 Å². The van der Waals surface area contributed by atoms with Crippen LogP contribution in [0.15, 0.2) is 18.3 Å². The number of carbonyl (C=O) groups is 1. The predicted octanol–water partition coefficient (Wildman–Crippen LogP) is 1.45. The lowest BCUT2D eigenvalue weighted by Crippen LogP contribution is -2.06. The number of carboxylic acid groups (broad SMARTS) is 1. The average molecular weight is 242 g/mol. The topological polar surface area (TPSA) is 91.8 Å². The summed E-state index contributed by atoms with van der Waals surface area (Å²) in [4.78, 5) is 15.2. The molecule has 2 aromatic rings. The van der Waals surface area contributed by atoms with Crippen molar-refractivity contribution >= 4 is 5.97 Å². The van der Waals surface area contributed by atoms with Gasteiger partial charge in [0.1, 0.15) is 11.6 Å².